The lowest BCUT2D eigenvalue weighted by molar-refractivity contribution is 0.183. The number of aromatic nitrogens is 2. The van der Waals surface area contributed by atoms with Crippen LogP contribution in [0.15, 0.2) is 12.3 Å². The Morgan fingerprint density at radius 2 is 2.50 bits per heavy atom. The Hall–Kier alpha value is -1.40. The number of hydrazine groups is 1. The van der Waals surface area contributed by atoms with E-state index in [-0.39, 0.29) is 0 Å². The van der Waals surface area contributed by atoms with E-state index in [2.05, 4.69) is 27.6 Å². The van der Waals surface area contributed by atoms with Crippen LogP contribution in [-0.2, 0) is 4.74 Å². The Balaban J connectivity index is 1.96. The zero-order valence-corrected chi connectivity index (χ0v) is 9.31. The minimum atomic E-state index is 0.336. The molecule has 2 heterocycles. The predicted molar refractivity (Wildman–Crippen MR) is 61.9 cm³/mol. The summed E-state index contributed by atoms with van der Waals surface area (Å²) in [6, 6.07) is 2.16. The van der Waals surface area contributed by atoms with Gasteiger partial charge in [0.25, 0.3) is 0 Å². The highest BCUT2D eigenvalue weighted by Crippen LogP contribution is 2.19. The maximum absolute atomic E-state index is 5.36. The highest BCUT2D eigenvalue weighted by molar-refractivity contribution is 5.39. The van der Waals surface area contributed by atoms with Crippen LogP contribution in [0, 0.1) is 5.92 Å². The summed E-state index contributed by atoms with van der Waals surface area (Å²) in [5, 5.41) is 3.33. The second kappa shape index (κ2) is 5.09. The Labute approximate surface area is 94.6 Å². The molecule has 88 valence electrons. The number of hydrogen-bond acceptors (Lipinski definition) is 6. The van der Waals surface area contributed by atoms with Crippen LogP contribution in [0.5, 0.6) is 0 Å². The van der Waals surface area contributed by atoms with Crippen LogP contribution in [0.25, 0.3) is 0 Å². The molecule has 1 saturated heterocycles. The first-order chi connectivity index (χ1) is 7.79. The third-order valence-electron chi connectivity index (χ3n) is 2.83. The molecule has 1 aliphatic heterocycles. The lowest BCUT2D eigenvalue weighted by Crippen LogP contribution is -2.26. The number of ether oxygens (including phenoxy) is 1. The van der Waals surface area contributed by atoms with Crippen molar-refractivity contribution in [2.24, 2.45) is 11.8 Å². The van der Waals surface area contributed by atoms with Crippen molar-refractivity contribution in [3.05, 3.63) is 12.3 Å². The highest BCUT2D eigenvalue weighted by atomic mass is 16.5. The summed E-state index contributed by atoms with van der Waals surface area (Å²) in [5.41, 5.74) is 2.42. The van der Waals surface area contributed by atoms with Gasteiger partial charge in [-0.1, -0.05) is 0 Å². The Morgan fingerprint density at radius 1 is 1.62 bits per heavy atom. The number of hydrogen-bond donors (Lipinski definition) is 3. The number of rotatable bonds is 4. The fraction of sp³-hybridized carbons (Fsp3) is 0.600. The van der Waals surface area contributed by atoms with Crippen LogP contribution >= 0.6 is 0 Å². The van der Waals surface area contributed by atoms with E-state index in [1.54, 1.807) is 6.20 Å². The summed E-state index contributed by atoms with van der Waals surface area (Å²) in [7, 11) is 0. The summed E-state index contributed by atoms with van der Waals surface area (Å²) in [6.45, 7) is 3.81. The van der Waals surface area contributed by atoms with Gasteiger partial charge in [-0.05, 0) is 19.4 Å². The normalized spacial score (nSPS) is 21.8. The van der Waals surface area contributed by atoms with Crippen LogP contribution in [-0.4, -0.2) is 29.2 Å². The maximum atomic E-state index is 5.36. The average Bonchev–Trinajstić information content (AvgIpc) is 2.83. The number of nitrogens with zero attached hydrogens (tertiary/aromatic N) is 2. The first kappa shape index (κ1) is 11.1. The van der Waals surface area contributed by atoms with Gasteiger partial charge in [0.05, 0.1) is 6.61 Å². The van der Waals surface area contributed by atoms with Gasteiger partial charge < -0.3 is 10.1 Å². The van der Waals surface area contributed by atoms with Gasteiger partial charge in [-0.2, -0.15) is 4.98 Å². The van der Waals surface area contributed by atoms with Crippen LogP contribution in [0.1, 0.15) is 13.3 Å². The Bertz CT molecular complexity index is 340. The van der Waals surface area contributed by atoms with Crippen molar-refractivity contribution in [3.8, 4) is 0 Å². The molecule has 4 N–H and O–H groups in total. The van der Waals surface area contributed by atoms with Crippen molar-refractivity contribution in [1.82, 2.24) is 9.97 Å². The van der Waals surface area contributed by atoms with Crippen LogP contribution in [0.3, 0.4) is 0 Å². The molecule has 0 saturated carbocycles. The quantitative estimate of drug-likeness (QED) is 0.512. The number of nitrogen functional groups attached to an aromatic ring is 1. The van der Waals surface area contributed by atoms with Gasteiger partial charge in [0, 0.05) is 24.8 Å². The fourth-order valence-electron chi connectivity index (χ4n) is 1.81. The summed E-state index contributed by atoms with van der Waals surface area (Å²) >= 11 is 0. The van der Waals surface area contributed by atoms with Crippen LogP contribution in [0.2, 0.25) is 0 Å². The zero-order valence-electron chi connectivity index (χ0n) is 9.31. The Morgan fingerprint density at radius 3 is 3.19 bits per heavy atom. The smallest absolute Gasteiger partial charge is 0.239 e. The number of anilines is 2. The molecule has 16 heavy (non-hydrogen) atoms. The average molecular weight is 223 g/mol. The highest BCUT2D eigenvalue weighted by Gasteiger charge is 2.22. The molecule has 2 rings (SSSR count). The Kier molecular flexibility index (Phi) is 3.53. The van der Waals surface area contributed by atoms with Crippen LogP contribution < -0.4 is 16.6 Å². The molecule has 6 nitrogen and oxygen atoms in total. The second-order valence-corrected chi connectivity index (χ2v) is 3.97. The monoisotopic (exact) mass is 223 g/mol. The van der Waals surface area contributed by atoms with Crippen molar-refractivity contribution in [2.45, 2.75) is 19.4 Å². The molecule has 0 radical (unpaired) electrons. The topological polar surface area (TPSA) is 85.1 Å². The molecule has 1 aliphatic rings. The third-order valence-corrected chi connectivity index (χ3v) is 2.83. The summed E-state index contributed by atoms with van der Waals surface area (Å²) < 4.78 is 5.36. The molecule has 0 aromatic carbocycles. The van der Waals surface area contributed by atoms with E-state index in [4.69, 9.17) is 10.6 Å². The molecule has 2 unspecified atom stereocenters. The number of nitrogens with one attached hydrogen (secondary N) is 2. The molecule has 1 aromatic rings. The van der Waals surface area contributed by atoms with E-state index < -0.39 is 0 Å². The molecule has 2 atom stereocenters. The van der Waals surface area contributed by atoms with Crippen molar-refractivity contribution in [1.29, 1.82) is 0 Å². The molecule has 0 spiro atoms. The van der Waals surface area contributed by atoms with Crippen molar-refractivity contribution >= 4 is 11.8 Å². The van der Waals surface area contributed by atoms with E-state index in [9.17, 15) is 0 Å². The zero-order chi connectivity index (χ0) is 11.4. The van der Waals surface area contributed by atoms with E-state index in [1.807, 2.05) is 6.07 Å². The van der Waals surface area contributed by atoms with E-state index in [1.165, 1.54) is 0 Å². The second-order valence-electron chi connectivity index (χ2n) is 3.97. The van der Waals surface area contributed by atoms with Gasteiger partial charge in [0.15, 0.2) is 0 Å². The molecule has 0 aliphatic carbocycles. The minimum Gasteiger partial charge on any atom is -0.381 e. The standard InChI is InChI=1S/C10H17N5O/c1-7(8-3-5-16-6-8)13-9-2-4-12-10(14-9)15-11/h2,4,7-8H,3,5-6,11H2,1H3,(H2,12,13,14,15). The largest absolute Gasteiger partial charge is 0.381 e. The minimum absolute atomic E-state index is 0.336. The van der Waals surface area contributed by atoms with Gasteiger partial charge in [0.1, 0.15) is 5.82 Å². The summed E-state index contributed by atoms with van der Waals surface area (Å²) in [4.78, 5) is 8.15. The maximum Gasteiger partial charge on any atom is 0.239 e. The third kappa shape index (κ3) is 2.59. The molecule has 1 fully saturated rings. The fourth-order valence-corrected chi connectivity index (χ4v) is 1.81. The molecule has 6 heteroatoms. The predicted octanol–water partition coefficient (Wildman–Crippen LogP) is 0.599. The van der Waals surface area contributed by atoms with Gasteiger partial charge in [0.2, 0.25) is 5.95 Å². The van der Waals surface area contributed by atoms with Crippen LogP contribution in [0.4, 0.5) is 11.8 Å². The molecule has 0 bridgehead atoms. The van der Waals surface area contributed by atoms with Gasteiger partial charge in [-0.3, -0.25) is 5.43 Å². The van der Waals surface area contributed by atoms with Gasteiger partial charge >= 0.3 is 0 Å². The summed E-state index contributed by atoms with van der Waals surface area (Å²) in [5.74, 6) is 6.99. The molecular weight excluding hydrogens is 206 g/mol. The van der Waals surface area contributed by atoms with Gasteiger partial charge in [-0.15, -0.1) is 0 Å². The van der Waals surface area contributed by atoms with E-state index >= 15 is 0 Å². The van der Waals surface area contributed by atoms with Crippen molar-refractivity contribution in [2.75, 3.05) is 24.0 Å². The number of nitrogens with two attached hydrogens (primary N) is 1. The molecule has 1 aromatic heterocycles. The van der Waals surface area contributed by atoms with Gasteiger partial charge in [-0.25, -0.2) is 10.8 Å². The lowest BCUT2D eigenvalue weighted by atomic mass is 10.0. The van der Waals surface area contributed by atoms with Crippen molar-refractivity contribution in [3.63, 3.8) is 0 Å². The van der Waals surface area contributed by atoms with E-state index in [0.717, 1.165) is 25.5 Å². The van der Waals surface area contributed by atoms with Crippen molar-refractivity contribution < 1.29 is 4.74 Å². The van der Waals surface area contributed by atoms with E-state index in [0.29, 0.717) is 17.9 Å². The first-order valence-electron chi connectivity index (χ1n) is 5.43. The lowest BCUT2D eigenvalue weighted by Gasteiger charge is -2.19. The summed E-state index contributed by atoms with van der Waals surface area (Å²) in [6.07, 6.45) is 2.77. The SMILES string of the molecule is CC(Nc1ccnc(NN)n1)C1CCOC1. The molecule has 0 amide bonds. The first-order valence-corrected chi connectivity index (χ1v) is 5.43. The molecular formula is C10H17N5O.